The Balaban J connectivity index is 2.17. The van der Waals surface area contributed by atoms with E-state index in [0.29, 0.717) is 0 Å². The van der Waals surface area contributed by atoms with Gasteiger partial charge in [-0.2, -0.15) is 0 Å². The van der Waals surface area contributed by atoms with Crippen LogP contribution in [-0.2, 0) is 6.42 Å². The highest BCUT2D eigenvalue weighted by atomic mass is 19.1. The molecule has 3 heteroatoms. The third-order valence-electron chi connectivity index (χ3n) is 4.68. The highest BCUT2D eigenvalue weighted by molar-refractivity contribution is 5.83. The molecule has 2 rings (SSSR count). The molecule has 2 aromatic rings. The molecule has 0 spiro atoms. The molecule has 2 nitrogen and oxygen atoms in total. The van der Waals surface area contributed by atoms with E-state index in [0.717, 1.165) is 23.9 Å². The molecule has 122 valence electrons. The summed E-state index contributed by atoms with van der Waals surface area (Å²) in [6.07, 6.45) is 6.75. The average Bonchev–Trinajstić information content (AvgIpc) is 2.88. The molecular formula is C19H30FN2+. The van der Waals surface area contributed by atoms with Crippen LogP contribution in [0.2, 0.25) is 0 Å². The van der Waals surface area contributed by atoms with Gasteiger partial charge < -0.3 is 9.47 Å². The molecule has 0 atom stereocenters. The van der Waals surface area contributed by atoms with Gasteiger partial charge >= 0.3 is 0 Å². The van der Waals surface area contributed by atoms with Crippen LogP contribution in [0.5, 0.6) is 0 Å². The fourth-order valence-electron chi connectivity index (χ4n) is 3.81. The fraction of sp³-hybridized carbons (Fsp3) is 0.579. The maximum Gasteiger partial charge on any atom is 0.123 e. The van der Waals surface area contributed by atoms with E-state index in [1.54, 1.807) is 6.07 Å². The van der Waals surface area contributed by atoms with Crippen molar-refractivity contribution in [1.29, 1.82) is 0 Å². The Morgan fingerprint density at radius 1 is 0.955 bits per heavy atom. The zero-order valence-electron chi connectivity index (χ0n) is 14.3. The molecule has 22 heavy (non-hydrogen) atoms. The summed E-state index contributed by atoms with van der Waals surface area (Å²) in [7, 11) is 0. The third kappa shape index (κ3) is 3.89. The van der Waals surface area contributed by atoms with E-state index in [2.05, 4.69) is 32.0 Å². The summed E-state index contributed by atoms with van der Waals surface area (Å²) in [5.41, 5.74) is 2.29. The van der Waals surface area contributed by atoms with Crippen LogP contribution in [0.1, 0.15) is 45.6 Å². The largest absolute Gasteiger partial charge is 0.361 e. The molecular weight excluding hydrogens is 275 g/mol. The number of nitrogens with one attached hydrogen (secondary N) is 1. The number of halogens is 1. The number of quaternary nitrogens is 1. The second-order valence-electron chi connectivity index (χ2n) is 6.49. The molecule has 0 fully saturated rings. The number of nitrogens with zero attached hydrogens (tertiary/aromatic N) is 1. The first-order valence-electron chi connectivity index (χ1n) is 8.74. The lowest BCUT2D eigenvalue weighted by atomic mass is 10.1. The summed E-state index contributed by atoms with van der Waals surface area (Å²) in [5.74, 6) is -0.148. The Morgan fingerprint density at radius 3 is 2.18 bits per heavy atom. The molecule has 0 aliphatic carbocycles. The van der Waals surface area contributed by atoms with Crippen LogP contribution in [0.25, 0.3) is 10.9 Å². The van der Waals surface area contributed by atoms with Gasteiger partial charge in [0.15, 0.2) is 0 Å². The smallest absolute Gasteiger partial charge is 0.123 e. The highest BCUT2D eigenvalue weighted by Crippen LogP contribution is 2.22. The zero-order chi connectivity index (χ0) is 16.0. The Labute approximate surface area is 133 Å². The monoisotopic (exact) mass is 305 g/mol. The summed E-state index contributed by atoms with van der Waals surface area (Å²) < 4.78 is 14.7. The van der Waals surface area contributed by atoms with E-state index in [1.807, 2.05) is 6.07 Å². The molecule has 0 radical (unpaired) electrons. The van der Waals surface area contributed by atoms with Crippen molar-refractivity contribution in [3.8, 4) is 0 Å². The molecule has 0 saturated carbocycles. The second kappa shape index (κ2) is 7.77. The van der Waals surface area contributed by atoms with Gasteiger partial charge in [-0.25, -0.2) is 4.39 Å². The second-order valence-corrected chi connectivity index (χ2v) is 6.49. The van der Waals surface area contributed by atoms with Crippen LogP contribution in [-0.4, -0.2) is 35.6 Å². The highest BCUT2D eigenvalue weighted by Gasteiger charge is 2.24. The SMILES string of the molecule is CCC[N+](CCC)(CCC)CCc1c[nH]c2ccc(F)cc12. The van der Waals surface area contributed by atoms with Crippen molar-refractivity contribution in [2.24, 2.45) is 0 Å². The summed E-state index contributed by atoms with van der Waals surface area (Å²) in [5, 5.41) is 1.04. The van der Waals surface area contributed by atoms with Gasteiger partial charge in [0.2, 0.25) is 0 Å². The lowest BCUT2D eigenvalue weighted by molar-refractivity contribution is -0.928. The predicted molar refractivity (Wildman–Crippen MR) is 92.6 cm³/mol. The molecule has 0 bridgehead atoms. The van der Waals surface area contributed by atoms with Crippen LogP contribution >= 0.6 is 0 Å². The van der Waals surface area contributed by atoms with E-state index in [-0.39, 0.29) is 5.82 Å². The van der Waals surface area contributed by atoms with Gasteiger partial charge in [0, 0.05) is 23.5 Å². The van der Waals surface area contributed by atoms with Crippen molar-refractivity contribution in [2.75, 3.05) is 26.2 Å². The van der Waals surface area contributed by atoms with Crippen LogP contribution in [0.3, 0.4) is 0 Å². The molecule has 1 aromatic carbocycles. The molecule has 0 aliphatic heterocycles. The van der Waals surface area contributed by atoms with Gasteiger partial charge in [-0.3, -0.25) is 0 Å². The fourth-order valence-corrected chi connectivity index (χ4v) is 3.81. The number of hydrogen-bond donors (Lipinski definition) is 1. The van der Waals surface area contributed by atoms with Gasteiger partial charge in [-0.05, 0) is 43.0 Å². The Hall–Kier alpha value is -1.35. The third-order valence-corrected chi connectivity index (χ3v) is 4.68. The molecule has 0 amide bonds. The van der Waals surface area contributed by atoms with E-state index in [9.17, 15) is 4.39 Å². The Morgan fingerprint density at radius 2 is 1.59 bits per heavy atom. The van der Waals surface area contributed by atoms with E-state index < -0.39 is 0 Å². The van der Waals surface area contributed by atoms with Crippen molar-refractivity contribution in [3.05, 3.63) is 35.8 Å². The molecule has 1 N–H and O–H groups in total. The number of aromatic amines is 1. The molecule has 0 unspecified atom stereocenters. The van der Waals surface area contributed by atoms with E-state index in [1.165, 1.54) is 55.0 Å². The van der Waals surface area contributed by atoms with Crippen LogP contribution < -0.4 is 0 Å². The van der Waals surface area contributed by atoms with Crippen LogP contribution in [0.15, 0.2) is 24.4 Å². The quantitative estimate of drug-likeness (QED) is 0.634. The summed E-state index contributed by atoms with van der Waals surface area (Å²) in [6.45, 7) is 11.7. The summed E-state index contributed by atoms with van der Waals surface area (Å²) in [4.78, 5) is 3.27. The molecule has 0 saturated heterocycles. The first-order chi connectivity index (χ1) is 10.6. The maximum absolute atomic E-state index is 13.5. The number of aromatic nitrogens is 1. The first-order valence-corrected chi connectivity index (χ1v) is 8.74. The van der Waals surface area contributed by atoms with Gasteiger partial charge in [0.05, 0.1) is 26.2 Å². The van der Waals surface area contributed by atoms with Crippen molar-refractivity contribution < 1.29 is 8.87 Å². The molecule has 1 aromatic heterocycles. The van der Waals surface area contributed by atoms with Crippen molar-refractivity contribution >= 4 is 10.9 Å². The van der Waals surface area contributed by atoms with Gasteiger partial charge in [-0.1, -0.05) is 20.8 Å². The van der Waals surface area contributed by atoms with Gasteiger partial charge in [-0.15, -0.1) is 0 Å². The topological polar surface area (TPSA) is 15.8 Å². The van der Waals surface area contributed by atoms with E-state index in [4.69, 9.17) is 0 Å². The number of hydrogen-bond acceptors (Lipinski definition) is 0. The first kappa shape index (κ1) is 17.0. The van der Waals surface area contributed by atoms with Gasteiger partial charge in [0.1, 0.15) is 5.82 Å². The summed E-state index contributed by atoms with van der Waals surface area (Å²) >= 11 is 0. The van der Waals surface area contributed by atoms with Crippen molar-refractivity contribution in [1.82, 2.24) is 4.98 Å². The minimum Gasteiger partial charge on any atom is -0.361 e. The zero-order valence-corrected chi connectivity index (χ0v) is 14.3. The Bertz CT molecular complexity index is 571. The molecule has 1 heterocycles. The Kier molecular flexibility index (Phi) is 6.01. The van der Waals surface area contributed by atoms with Crippen molar-refractivity contribution in [2.45, 2.75) is 46.5 Å². The average molecular weight is 305 g/mol. The van der Waals surface area contributed by atoms with Crippen molar-refractivity contribution in [3.63, 3.8) is 0 Å². The van der Waals surface area contributed by atoms with E-state index >= 15 is 0 Å². The summed E-state index contributed by atoms with van der Waals surface area (Å²) in [6, 6.07) is 5.02. The van der Waals surface area contributed by atoms with Crippen LogP contribution in [0.4, 0.5) is 4.39 Å². The number of H-pyrrole nitrogens is 1. The number of benzene rings is 1. The number of fused-ring (bicyclic) bond motifs is 1. The lowest BCUT2D eigenvalue weighted by Gasteiger charge is -2.38. The predicted octanol–water partition coefficient (Wildman–Crippen LogP) is 4.90. The van der Waals surface area contributed by atoms with Gasteiger partial charge in [0.25, 0.3) is 0 Å². The lowest BCUT2D eigenvalue weighted by Crippen LogP contribution is -2.51. The minimum atomic E-state index is -0.148. The maximum atomic E-state index is 13.5. The van der Waals surface area contributed by atoms with Crippen LogP contribution in [0, 0.1) is 5.82 Å². The molecule has 0 aliphatic rings. The standard InChI is InChI=1S/C19H30FN2/c1-4-10-22(11-5-2,12-6-3)13-9-16-15-21-19-8-7-17(20)14-18(16)19/h7-8,14-15,21H,4-6,9-13H2,1-3H3/q+1. The normalized spacial score (nSPS) is 12.2. The minimum absolute atomic E-state index is 0.148. The number of rotatable bonds is 9.